The first-order valence-corrected chi connectivity index (χ1v) is 12.0. The predicted molar refractivity (Wildman–Crippen MR) is 116 cm³/mol. The molecule has 2 aromatic rings. The van der Waals surface area contributed by atoms with Gasteiger partial charge in [-0.15, -0.1) is 0 Å². The normalized spacial score (nSPS) is 17.6. The summed E-state index contributed by atoms with van der Waals surface area (Å²) in [7, 11) is -3.70. The van der Waals surface area contributed by atoms with Crippen molar-refractivity contribution in [1.82, 2.24) is 4.72 Å². The number of carbonyl (C=O) groups is 1. The van der Waals surface area contributed by atoms with Gasteiger partial charge >= 0.3 is 0 Å². The maximum absolute atomic E-state index is 14.6. The number of ether oxygens (including phenoxy) is 1. The van der Waals surface area contributed by atoms with E-state index in [4.69, 9.17) is 4.74 Å². The minimum Gasteiger partial charge on any atom is -0.378 e. The lowest BCUT2D eigenvalue weighted by atomic mass is 10.2. The van der Waals surface area contributed by atoms with Crippen molar-refractivity contribution in [3.63, 3.8) is 0 Å². The van der Waals surface area contributed by atoms with Gasteiger partial charge in [-0.2, -0.15) is 0 Å². The molecule has 0 atom stereocenters. The zero-order valence-corrected chi connectivity index (χ0v) is 18.0. The second-order valence-corrected chi connectivity index (χ2v) is 9.56. The summed E-state index contributed by atoms with van der Waals surface area (Å²) in [6.45, 7) is 2.32. The van der Waals surface area contributed by atoms with E-state index in [2.05, 4.69) is 10.0 Å². The van der Waals surface area contributed by atoms with Crippen LogP contribution in [-0.4, -0.2) is 46.7 Å². The number of anilines is 2. The molecule has 2 aromatic carbocycles. The molecule has 1 aliphatic heterocycles. The van der Waals surface area contributed by atoms with Crippen LogP contribution in [0.1, 0.15) is 36.0 Å². The summed E-state index contributed by atoms with van der Waals surface area (Å²) in [4.78, 5) is 14.6. The van der Waals surface area contributed by atoms with Crippen LogP contribution >= 0.6 is 0 Å². The molecule has 1 amide bonds. The van der Waals surface area contributed by atoms with E-state index in [1.165, 1.54) is 30.3 Å². The summed E-state index contributed by atoms with van der Waals surface area (Å²) in [6, 6.07) is 10.3. The third kappa shape index (κ3) is 5.23. The molecule has 1 aliphatic carbocycles. The van der Waals surface area contributed by atoms with E-state index in [0.29, 0.717) is 37.7 Å². The standard InChI is InChI=1S/C22H26FN3O4S/c23-20-15-18(8-9-21(20)26-10-12-30-13-11-26)24-22(27)16-4-3-7-19(14-16)31(28,29)25-17-5-1-2-6-17/h3-4,7-9,14-15,17,25H,1-2,5-6,10-13H2,(H,24,27). The van der Waals surface area contributed by atoms with Crippen LogP contribution in [0.3, 0.4) is 0 Å². The Morgan fingerprint density at radius 2 is 1.81 bits per heavy atom. The van der Waals surface area contributed by atoms with Crippen LogP contribution in [0.15, 0.2) is 47.4 Å². The van der Waals surface area contributed by atoms with Crippen LogP contribution in [0.5, 0.6) is 0 Å². The summed E-state index contributed by atoms with van der Waals surface area (Å²) in [6.07, 6.45) is 3.67. The average molecular weight is 448 g/mol. The Hall–Kier alpha value is -2.49. The summed E-state index contributed by atoms with van der Waals surface area (Å²) in [5.74, 6) is -0.937. The number of hydrogen-bond acceptors (Lipinski definition) is 5. The van der Waals surface area contributed by atoms with E-state index in [0.717, 1.165) is 25.7 Å². The van der Waals surface area contributed by atoms with Gasteiger partial charge in [0.1, 0.15) is 5.82 Å². The number of hydrogen-bond donors (Lipinski definition) is 2. The quantitative estimate of drug-likeness (QED) is 0.710. The maximum atomic E-state index is 14.6. The molecule has 0 radical (unpaired) electrons. The Morgan fingerprint density at radius 3 is 2.52 bits per heavy atom. The Labute approximate surface area is 181 Å². The van der Waals surface area contributed by atoms with Gasteiger partial charge in [-0.1, -0.05) is 18.9 Å². The van der Waals surface area contributed by atoms with Gasteiger partial charge in [0, 0.05) is 30.4 Å². The summed E-state index contributed by atoms with van der Waals surface area (Å²) >= 11 is 0. The molecule has 7 nitrogen and oxygen atoms in total. The molecule has 1 saturated carbocycles. The van der Waals surface area contributed by atoms with Gasteiger partial charge in [0.15, 0.2) is 0 Å². The number of halogens is 1. The van der Waals surface area contributed by atoms with Gasteiger partial charge in [0.25, 0.3) is 5.91 Å². The summed E-state index contributed by atoms with van der Waals surface area (Å²) in [5, 5.41) is 2.64. The van der Waals surface area contributed by atoms with Crippen LogP contribution in [-0.2, 0) is 14.8 Å². The summed E-state index contributed by atoms with van der Waals surface area (Å²) < 4.78 is 47.9. The zero-order chi connectivity index (χ0) is 21.8. The number of nitrogens with one attached hydrogen (secondary N) is 2. The Balaban J connectivity index is 1.46. The second kappa shape index (κ2) is 9.33. The molecular weight excluding hydrogens is 421 g/mol. The fourth-order valence-electron chi connectivity index (χ4n) is 3.98. The molecule has 2 fully saturated rings. The van der Waals surface area contributed by atoms with E-state index < -0.39 is 21.7 Å². The molecule has 2 aliphatic rings. The van der Waals surface area contributed by atoms with Crippen LogP contribution < -0.4 is 14.9 Å². The second-order valence-electron chi connectivity index (χ2n) is 7.85. The monoisotopic (exact) mass is 447 g/mol. The van der Waals surface area contributed by atoms with Gasteiger partial charge in [-0.3, -0.25) is 4.79 Å². The molecule has 2 N–H and O–H groups in total. The first-order chi connectivity index (χ1) is 14.9. The van der Waals surface area contributed by atoms with Crippen LogP contribution in [0.4, 0.5) is 15.8 Å². The minimum atomic E-state index is -3.70. The topological polar surface area (TPSA) is 87.7 Å². The third-order valence-electron chi connectivity index (χ3n) is 5.64. The first kappa shape index (κ1) is 21.7. The number of amides is 1. The lowest BCUT2D eigenvalue weighted by molar-refractivity contribution is 0.102. The molecule has 0 aromatic heterocycles. The van der Waals surface area contributed by atoms with Crippen molar-refractivity contribution >= 4 is 27.3 Å². The van der Waals surface area contributed by atoms with E-state index in [1.807, 2.05) is 4.90 Å². The third-order valence-corrected chi connectivity index (χ3v) is 7.16. The molecule has 166 valence electrons. The van der Waals surface area contributed by atoms with E-state index in [9.17, 15) is 17.6 Å². The average Bonchev–Trinajstić information content (AvgIpc) is 3.27. The van der Waals surface area contributed by atoms with Crippen molar-refractivity contribution in [2.24, 2.45) is 0 Å². The lowest BCUT2D eigenvalue weighted by Gasteiger charge is -2.29. The van der Waals surface area contributed by atoms with Gasteiger partial charge in [0.2, 0.25) is 10.0 Å². The highest BCUT2D eigenvalue weighted by Crippen LogP contribution is 2.25. The maximum Gasteiger partial charge on any atom is 0.255 e. The molecule has 9 heteroatoms. The van der Waals surface area contributed by atoms with Crippen molar-refractivity contribution in [3.05, 3.63) is 53.8 Å². The summed E-state index contributed by atoms with van der Waals surface area (Å²) in [5.41, 5.74) is 0.955. The molecule has 1 saturated heterocycles. The van der Waals surface area contributed by atoms with Crippen LogP contribution in [0.2, 0.25) is 0 Å². The van der Waals surface area contributed by atoms with E-state index >= 15 is 0 Å². The Bertz CT molecular complexity index is 1050. The fourth-order valence-corrected chi connectivity index (χ4v) is 5.33. The SMILES string of the molecule is O=C(Nc1ccc(N2CCOCC2)c(F)c1)c1cccc(S(=O)(=O)NC2CCCC2)c1. The van der Waals surface area contributed by atoms with E-state index in [1.54, 1.807) is 12.1 Å². The van der Waals surface area contributed by atoms with Gasteiger partial charge in [0.05, 0.1) is 23.8 Å². The number of nitrogens with zero attached hydrogens (tertiary/aromatic N) is 1. The lowest BCUT2D eigenvalue weighted by Crippen LogP contribution is -2.36. The van der Waals surface area contributed by atoms with Gasteiger partial charge in [-0.05, 0) is 49.2 Å². The number of morpholine rings is 1. The molecule has 0 bridgehead atoms. The van der Waals surface area contributed by atoms with Gasteiger partial charge in [-0.25, -0.2) is 17.5 Å². The largest absolute Gasteiger partial charge is 0.378 e. The highest BCUT2D eigenvalue weighted by atomic mass is 32.2. The molecular formula is C22H26FN3O4S. The minimum absolute atomic E-state index is 0.0425. The van der Waals surface area contributed by atoms with Crippen LogP contribution in [0.25, 0.3) is 0 Å². The number of sulfonamides is 1. The van der Waals surface area contributed by atoms with Crippen molar-refractivity contribution in [2.45, 2.75) is 36.6 Å². The number of carbonyl (C=O) groups excluding carboxylic acids is 1. The molecule has 4 rings (SSSR count). The first-order valence-electron chi connectivity index (χ1n) is 10.5. The Morgan fingerprint density at radius 1 is 1.06 bits per heavy atom. The molecule has 31 heavy (non-hydrogen) atoms. The highest BCUT2D eigenvalue weighted by molar-refractivity contribution is 7.89. The molecule has 1 heterocycles. The number of rotatable bonds is 6. The molecule has 0 spiro atoms. The predicted octanol–water partition coefficient (Wildman–Crippen LogP) is 3.14. The van der Waals surface area contributed by atoms with Crippen molar-refractivity contribution in [2.75, 3.05) is 36.5 Å². The van der Waals surface area contributed by atoms with Crippen molar-refractivity contribution in [1.29, 1.82) is 0 Å². The molecule has 0 unspecified atom stereocenters. The van der Waals surface area contributed by atoms with E-state index in [-0.39, 0.29) is 16.5 Å². The number of benzene rings is 2. The highest BCUT2D eigenvalue weighted by Gasteiger charge is 2.23. The zero-order valence-electron chi connectivity index (χ0n) is 17.1. The fraction of sp³-hybridized carbons (Fsp3) is 0.409. The Kier molecular flexibility index (Phi) is 6.54. The smallest absolute Gasteiger partial charge is 0.255 e. The van der Waals surface area contributed by atoms with Crippen molar-refractivity contribution < 1.29 is 22.3 Å². The van der Waals surface area contributed by atoms with Gasteiger partial charge < -0.3 is 15.0 Å². The van der Waals surface area contributed by atoms with Crippen molar-refractivity contribution in [3.8, 4) is 0 Å². The van der Waals surface area contributed by atoms with Crippen LogP contribution in [0, 0.1) is 5.82 Å².